The number of hydrogen-bond donors (Lipinski definition) is 3. The molecule has 28 heavy (non-hydrogen) atoms. The summed E-state index contributed by atoms with van der Waals surface area (Å²) in [4.78, 5) is 8.77. The van der Waals surface area contributed by atoms with Gasteiger partial charge in [-0.3, -0.25) is 0 Å². The van der Waals surface area contributed by atoms with E-state index in [-0.39, 0.29) is 30.5 Å². The molecular weight excluding hydrogens is 469 g/mol. The van der Waals surface area contributed by atoms with Crippen LogP contribution in [-0.4, -0.2) is 33.7 Å². The number of para-hydroxylation sites is 1. The van der Waals surface area contributed by atoms with Crippen molar-refractivity contribution in [2.45, 2.75) is 26.0 Å². The lowest BCUT2D eigenvalue weighted by Gasteiger charge is -2.22. The fourth-order valence-electron chi connectivity index (χ4n) is 2.73. The van der Waals surface area contributed by atoms with Crippen LogP contribution in [0.25, 0.3) is 5.69 Å². The third kappa shape index (κ3) is 5.59. The summed E-state index contributed by atoms with van der Waals surface area (Å²) in [6.45, 7) is 5.19. The van der Waals surface area contributed by atoms with E-state index in [4.69, 9.17) is 4.42 Å². The molecule has 2 heterocycles. The van der Waals surface area contributed by atoms with Gasteiger partial charge in [-0.2, -0.15) is 0 Å². The van der Waals surface area contributed by atoms with Crippen molar-refractivity contribution in [3.05, 3.63) is 72.7 Å². The molecule has 0 amide bonds. The van der Waals surface area contributed by atoms with Crippen LogP contribution in [0.1, 0.15) is 25.2 Å². The molecule has 3 aromatic rings. The zero-order valence-electron chi connectivity index (χ0n) is 16.0. The van der Waals surface area contributed by atoms with Gasteiger partial charge >= 0.3 is 0 Å². The zero-order valence-corrected chi connectivity index (χ0v) is 18.3. The maximum atomic E-state index is 10.6. The second-order valence-corrected chi connectivity index (χ2v) is 6.40. The Labute approximate surface area is 181 Å². The van der Waals surface area contributed by atoms with Gasteiger partial charge in [0, 0.05) is 18.9 Å². The Morgan fingerprint density at radius 3 is 2.75 bits per heavy atom. The van der Waals surface area contributed by atoms with Gasteiger partial charge in [0.05, 0.1) is 31.4 Å². The number of nitrogens with zero attached hydrogens (tertiary/aromatic N) is 3. The van der Waals surface area contributed by atoms with Crippen molar-refractivity contribution in [3.63, 3.8) is 0 Å². The smallest absolute Gasteiger partial charge is 0.191 e. The van der Waals surface area contributed by atoms with Crippen molar-refractivity contribution >= 4 is 29.9 Å². The number of rotatable bonds is 7. The van der Waals surface area contributed by atoms with E-state index in [1.165, 1.54) is 0 Å². The largest absolute Gasteiger partial charge is 0.466 e. The van der Waals surface area contributed by atoms with Crippen molar-refractivity contribution in [1.82, 2.24) is 20.2 Å². The van der Waals surface area contributed by atoms with E-state index < -0.39 is 5.60 Å². The minimum Gasteiger partial charge on any atom is -0.466 e. The fraction of sp³-hybridized carbons (Fsp3) is 0.300. The lowest BCUT2D eigenvalue weighted by Crippen LogP contribution is -2.44. The minimum atomic E-state index is -1.13. The second kappa shape index (κ2) is 10.3. The first kappa shape index (κ1) is 22.0. The molecule has 3 N–H and O–H groups in total. The van der Waals surface area contributed by atoms with Crippen molar-refractivity contribution in [2.24, 2.45) is 4.99 Å². The first-order chi connectivity index (χ1) is 13.1. The summed E-state index contributed by atoms with van der Waals surface area (Å²) in [6.07, 6.45) is 6.98. The predicted octanol–water partition coefficient (Wildman–Crippen LogP) is 3.05. The molecule has 3 rings (SSSR count). The van der Waals surface area contributed by atoms with Crippen molar-refractivity contribution < 1.29 is 9.52 Å². The summed E-state index contributed by atoms with van der Waals surface area (Å²) in [5, 5.41) is 17.0. The number of imidazole rings is 1. The third-order valence-electron chi connectivity index (χ3n) is 4.18. The second-order valence-electron chi connectivity index (χ2n) is 6.40. The molecule has 7 nitrogen and oxygen atoms in total. The molecule has 0 aliphatic carbocycles. The van der Waals surface area contributed by atoms with Crippen molar-refractivity contribution in [3.8, 4) is 5.69 Å². The van der Waals surface area contributed by atoms with Crippen LogP contribution in [0.5, 0.6) is 0 Å². The molecule has 150 valence electrons. The highest BCUT2D eigenvalue weighted by Gasteiger charge is 2.26. The zero-order chi connectivity index (χ0) is 19.1. The van der Waals surface area contributed by atoms with E-state index in [1.54, 1.807) is 37.8 Å². The molecule has 0 aliphatic rings. The molecule has 0 radical (unpaired) electrons. The summed E-state index contributed by atoms with van der Waals surface area (Å²) in [6, 6.07) is 11.6. The van der Waals surface area contributed by atoms with Gasteiger partial charge in [-0.25, -0.2) is 9.98 Å². The molecule has 0 saturated heterocycles. The maximum Gasteiger partial charge on any atom is 0.191 e. The van der Waals surface area contributed by atoms with Crippen LogP contribution < -0.4 is 10.6 Å². The number of guanidine groups is 1. The molecule has 1 atom stereocenters. The molecular formula is C20H26IN5O2. The van der Waals surface area contributed by atoms with E-state index in [2.05, 4.69) is 20.6 Å². The molecule has 0 aliphatic heterocycles. The van der Waals surface area contributed by atoms with Gasteiger partial charge in [0.15, 0.2) is 5.96 Å². The quantitative estimate of drug-likeness (QED) is 0.267. The number of aliphatic imine (C=N–C) groups is 1. The molecule has 0 bridgehead atoms. The van der Waals surface area contributed by atoms with E-state index >= 15 is 0 Å². The van der Waals surface area contributed by atoms with Gasteiger partial charge < -0.3 is 24.7 Å². The Bertz CT molecular complexity index is 861. The Kier molecular flexibility index (Phi) is 8.06. The summed E-state index contributed by atoms with van der Waals surface area (Å²) in [5.74, 6) is 1.14. The van der Waals surface area contributed by atoms with E-state index in [1.807, 2.05) is 42.0 Å². The number of halogens is 1. The highest BCUT2D eigenvalue weighted by atomic mass is 127. The lowest BCUT2D eigenvalue weighted by atomic mass is 10.0. The Hall–Kier alpha value is -2.33. The number of aliphatic hydroxyl groups is 1. The molecule has 0 spiro atoms. The SMILES string of the molecule is CCNC(=NCc1ccccc1-n1ccnc1)NCC(C)(O)c1ccco1.I. The van der Waals surface area contributed by atoms with Crippen LogP contribution in [0.4, 0.5) is 0 Å². The molecule has 8 heteroatoms. The standard InChI is InChI=1S/C20H25N5O2.HI/c1-3-22-19(24-14-20(2,26)18-9-6-12-27-18)23-13-16-7-4-5-8-17(16)25-11-10-21-15-25;/h4-12,15,26H,3,13-14H2,1-2H3,(H2,22,23,24);1H. The van der Waals surface area contributed by atoms with Gasteiger partial charge in [-0.15, -0.1) is 24.0 Å². The number of nitrogens with one attached hydrogen (secondary N) is 2. The Balaban J connectivity index is 0.00000280. The number of hydrogen-bond acceptors (Lipinski definition) is 4. The average molecular weight is 495 g/mol. The van der Waals surface area contributed by atoms with E-state index in [9.17, 15) is 5.11 Å². The van der Waals surface area contributed by atoms with Crippen LogP contribution in [-0.2, 0) is 12.1 Å². The number of furan rings is 1. The number of benzene rings is 1. The Morgan fingerprint density at radius 2 is 2.07 bits per heavy atom. The van der Waals surface area contributed by atoms with Crippen LogP contribution in [0.15, 0.2) is 70.8 Å². The van der Waals surface area contributed by atoms with Crippen LogP contribution in [0.2, 0.25) is 0 Å². The van der Waals surface area contributed by atoms with Gasteiger partial charge in [-0.05, 0) is 37.6 Å². The number of aromatic nitrogens is 2. The van der Waals surface area contributed by atoms with Crippen molar-refractivity contribution in [2.75, 3.05) is 13.1 Å². The highest BCUT2D eigenvalue weighted by molar-refractivity contribution is 14.0. The first-order valence-electron chi connectivity index (χ1n) is 8.95. The summed E-state index contributed by atoms with van der Waals surface area (Å²) in [5.41, 5.74) is 0.983. The summed E-state index contributed by atoms with van der Waals surface area (Å²) >= 11 is 0. The average Bonchev–Trinajstić information content (AvgIpc) is 3.38. The summed E-state index contributed by atoms with van der Waals surface area (Å²) < 4.78 is 7.28. The van der Waals surface area contributed by atoms with Gasteiger partial charge in [0.25, 0.3) is 0 Å². The first-order valence-corrected chi connectivity index (χ1v) is 8.95. The van der Waals surface area contributed by atoms with Gasteiger partial charge in [0.1, 0.15) is 11.4 Å². The van der Waals surface area contributed by atoms with Crippen LogP contribution in [0.3, 0.4) is 0 Å². The molecule has 1 aromatic carbocycles. The monoisotopic (exact) mass is 495 g/mol. The highest BCUT2D eigenvalue weighted by Crippen LogP contribution is 2.20. The van der Waals surface area contributed by atoms with E-state index in [0.29, 0.717) is 18.3 Å². The summed E-state index contributed by atoms with van der Waals surface area (Å²) in [7, 11) is 0. The topological polar surface area (TPSA) is 87.6 Å². The Morgan fingerprint density at radius 1 is 1.25 bits per heavy atom. The normalized spacial score (nSPS) is 13.5. The van der Waals surface area contributed by atoms with Crippen LogP contribution >= 0.6 is 24.0 Å². The molecule has 1 unspecified atom stereocenters. The minimum absolute atomic E-state index is 0. The van der Waals surface area contributed by atoms with Crippen molar-refractivity contribution in [1.29, 1.82) is 0 Å². The lowest BCUT2D eigenvalue weighted by molar-refractivity contribution is 0.0386. The van der Waals surface area contributed by atoms with E-state index in [0.717, 1.165) is 17.8 Å². The molecule has 0 fully saturated rings. The van der Waals surface area contributed by atoms with Gasteiger partial charge in [0.2, 0.25) is 0 Å². The molecule has 2 aromatic heterocycles. The maximum absolute atomic E-state index is 10.6. The van der Waals surface area contributed by atoms with Crippen LogP contribution in [0, 0.1) is 0 Å². The van der Waals surface area contributed by atoms with Gasteiger partial charge in [-0.1, -0.05) is 18.2 Å². The third-order valence-corrected chi connectivity index (χ3v) is 4.18. The predicted molar refractivity (Wildman–Crippen MR) is 120 cm³/mol. The molecule has 0 saturated carbocycles. The fourth-order valence-corrected chi connectivity index (χ4v) is 2.73.